The molecule has 1 atom stereocenters. The first-order valence-electron chi connectivity index (χ1n) is 4.28. The highest BCUT2D eigenvalue weighted by molar-refractivity contribution is 5.02. The van der Waals surface area contributed by atoms with Crippen LogP contribution in [-0.2, 0) is 0 Å². The second kappa shape index (κ2) is 4.72. The third kappa shape index (κ3) is 3.34. The summed E-state index contributed by atoms with van der Waals surface area (Å²) >= 11 is 0. The third-order valence-corrected chi connectivity index (χ3v) is 1.79. The fourth-order valence-corrected chi connectivity index (χ4v) is 1.03. The van der Waals surface area contributed by atoms with Gasteiger partial charge in [0, 0.05) is 6.20 Å². The van der Waals surface area contributed by atoms with Crippen LogP contribution >= 0.6 is 0 Å². The Kier molecular flexibility index (Phi) is 3.58. The molecule has 0 aliphatic heterocycles. The third-order valence-electron chi connectivity index (χ3n) is 1.79. The van der Waals surface area contributed by atoms with Crippen molar-refractivity contribution in [3.63, 3.8) is 0 Å². The Morgan fingerprint density at radius 1 is 1.69 bits per heavy atom. The first kappa shape index (κ1) is 9.86. The molecule has 1 heterocycles. The Balaban J connectivity index is 2.49. The molecule has 13 heavy (non-hydrogen) atoms. The number of nitrogens with zero attached hydrogens (tertiary/aromatic N) is 2. The molecule has 3 heteroatoms. The van der Waals surface area contributed by atoms with Gasteiger partial charge in [-0.2, -0.15) is 0 Å². The number of hydrogen-bond acceptors (Lipinski definition) is 3. The van der Waals surface area contributed by atoms with Crippen molar-refractivity contribution in [1.29, 1.82) is 0 Å². The Labute approximate surface area is 78.2 Å². The van der Waals surface area contributed by atoms with Crippen molar-refractivity contribution in [3.05, 3.63) is 36.4 Å². The lowest BCUT2D eigenvalue weighted by Gasteiger charge is -2.08. The normalized spacial score (nSPS) is 12.5. The zero-order chi connectivity index (χ0) is 9.68. The molecule has 0 fully saturated rings. The SMILES string of the molecule is C=C(C)CCC(O)c1ccncn1. The van der Waals surface area contributed by atoms with Crippen LogP contribution in [-0.4, -0.2) is 15.1 Å². The highest BCUT2D eigenvalue weighted by atomic mass is 16.3. The monoisotopic (exact) mass is 178 g/mol. The fraction of sp³-hybridized carbons (Fsp3) is 0.400. The van der Waals surface area contributed by atoms with Gasteiger partial charge in [-0.25, -0.2) is 9.97 Å². The number of allylic oxidation sites excluding steroid dienone is 1. The minimum absolute atomic E-state index is 0.500. The van der Waals surface area contributed by atoms with E-state index in [9.17, 15) is 5.11 Å². The maximum Gasteiger partial charge on any atom is 0.115 e. The van der Waals surface area contributed by atoms with Gasteiger partial charge in [0.25, 0.3) is 0 Å². The zero-order valence-corrected chi connectivity index (χ0v) is 7.77. The highest BCUT2D eigenvalue weighted by Crippen LogP contribution is 2.16. The highest BCUT2D eigenvalue weighted by Gasteiger charge is 2.07. The van der Waals surface area contributed by atoms with Crippen LogP contribution in [0.15, 0.2) is 30.7 Å². The Morgan fingerprint density at radius 2 is 2.46 bits per heavy atom. The molecule has 1 aromatic rings. The van der Waals surface area contributed by atoms with Crippen LogP contribution in [0.1, 0.15) is 31.6 Å². The summed E-state index contributed by atoms with van der Waals surface area (Å²) in [5, 5.41) is 9.64. The van der Waals surface area contributed by atoms with E-state index in [1.165, 1.54) is 6.33 Å². The summed E-state index contributed by atoms with van der Waals surface area (Å²) in [6.45, 7) is 5.73. The van der Waals surface area contributed by atoms with Gasteiger partial charge in [-0.3, -0.25) is 0 Å². The maximum atomic E-state index is 9.64. The van der Waals surface area contributed by atoms with Crippen molar-refractivity contribution in [2.45, 2.75) is 25.9 Å². The first-order chi connectivity index (χ1) is 6.20. The molecule has 0 aliphatic rings. The Bertz CT molecular complexity index is 272. The van der Waals surface area contributed by atoms with Crippen LogP contribution in [0.5, 0.6) is 0 Å². The lowest BCUT2D eigenvalue weighted by molar-refractivity contribution is 0.163. The summed E-state index contributed by atoms with van der Waals surface area (Å²) in [5.41, 5.74) is 1.75. The fourth-order valence-electron chi connectivity index (χ4n) is 1.03. The topological polar surface area (TPSA) is 46.0 Å². The average Bonchev–Trinajstić information content (AvgIpc) is 2.15. The number of aliphatic hydroxyl groups excluding tert-OH is 1. The summed E-state index contributed by atoms with van der Waals surface area (Å²) in [7, 11) is 0. The zero-order valence-electron chi connectivity index (χ0n) is 7.77. The summed E-state index contributed by atoms with van der Waals surface area (Å²) in [6, 6.07) is 1.73. The second-order valence-electron chi connectivity index (χ2n) is 3.15. The van der Waals surface area contributed by atoms with Gasteiger partial charge in [-0.05, 0) is 25.8 Å². The minimum Gasteiger partial charge on any atom is -0.387 e. The van der Waals surface area contributed by atoms with Crippen molar-refractivity contribution >= 4 is 0 Å². The predicted octanol–water partition coefficient (Wildman–Crippen LogP) is 1.87. The number of aliphatic hydroxyl groups is 1. The van der Waals surface area contributed by atoms with Crippen LogP contribution in [0.4, 0.5) is 0 Å². The number of hydrogen-bond donors (Lipinski definition) is 1. The van der Waals surface area contributed by atoms with Gasteiger partial charge < -0.3 is 5.11 Å². The van der Waals surface area contributed by atoms with Crippen molar-refractivity contribution in [3.8, 4) is 0 Å². The number of aromatic nitrogens is 2. The molecule has 0 aliphatic carbocycles. The summed E-state index contributed by atoms with van der Waals surface area (Å²) < 4.78 is 0. The van der Waals surface area contributed by atoms with E-state index < -0.39 is 6.10 Å². The Morgan fingerprint density at radius 3 is 3.00 bits per heavy atom. The van der Waals surface area contributed by atoms with Crippen LogP contribution in [0.2, 0.25) is 0 Å². The maximum absolute atomic E-state index is 9.64. The quantitative estimate of drug-likeness (QED) is 0.716. The molecule has 0 amide bonds. The lowest BCUT2D eigenvalue weighted by Crippen LogP contribution is -2.00. The molecule has 0 spiro atoms. The molecule has 70 valence electrons. The van der Waals surface area contributed by atoms with Crippen LogP contribution < -0.4 is 0 Å². The van der Waals surface area contributed by atoms with E-state index in [-0.39, 0.29) is 0 Å². The van der Waals surface area contributed by atoms with Crippen LogP contribution in [0, 0.1) is 0 Å². The summed E-state index contributed by atoms with van der Waals surface area (Å²) in [5.74, 6) is 0. The van der Waals surface area contributed by atoms with Crippen LogP contribution in [0.25, 0.3) is 0 Å². The molecule has 0 radical (unpaired) electrons. The molecule has 1 N–H and O–H groups in total. The molecule has 1 unspecified atom stereocenters. The largest absolute Gasteiger partial charge is 0.387 e. The first-order valence-corrected chi connectivity index (χ1v) is 4.28. The van der Waals surface area contributed by atoms with Crippen molar-refractivity contribution in [1.82, 2.24) is 9.97 Å². The van der Waals surface area contributed by atoms with Crippen LogP contribution in [0.3, 0.4) is 0 Å². The van der Waals surface area contributed by atoms with Gasteiger partial charge in [0.15, 0.2) is 0 Å². The summed E-state index contributed by atoms with van der Waals surface area (Å²) in [4.78, 5) is 7.75. The van der Waals surface area contributed by atoms with Gasteiger partial charge in [-0.1, -0.05) is 5.57 Å². The molecule has 3 nitrogen and oxygen atoms in total. The molecule has 0 bridgehead atoms. The molecule has 0 aromatic carbocycles. The second-order valence-corrected chi connectivity index (χ2v) is 3.15. The number of rotatable bonds is 4. The molecular weight excluding hydrogens is 164 g/mol. The molecule has 1 aromatic heterocycles. The van der Waals surface area contributed by atoms with E-state index in [0.29, 0.717) is 12.1 Å². The Hall–Kier alpha value is -1.22. The van der Waals surface area contributed by atoms with Gasteiger partial charge >= 0.3 is 0 Å². The molecular formula is C10H14N2O. The van der Waals surface area contributed by atoms with E-state index in [1.807, 2.05) is 6.92 Å². The van der Waals surface area contributed by atoms with Crippen molar-refractivity contribution in [2.24, 2.45) is 0 Å². The van der Waals surface area contributed by atoms with E-state index >= 15 is 0 Å². The minimum atomic E-state index is -0.500. The molecule has 0 saturated carbocycles. The van der Waals surface area contributed by atoms with Gasteiger partial charge in [-0.15, -0.1) is 6.58 Å². The van der Waals surface area contributed by atoms with E-state index in [4.69, 9.17) is 0 Å². The molecule has 1 rings (SSSR count). The predicted molar refractivity (Wildman–Crippen MR) is 51.0 cm³/mol. The van der Waals surface area contributed by atoms with Crippen molar-refractivity contribution < 1.29 is 5.11 Å². The van der Waals surface area contributed by atoms with E-state index in [2.05, 4.69) is 16.5 Å². The van der Waals surface area contributed by atoms with E-state index in [1.54, 1.807) is 12.3 Å². The van der Waals surface area contributed by atoms with Gasteiger partial charge in [0.2, 0.25) is 0 Å². The van der Waals surface area contributed by atoms with Crippen molar-refractivity contribution in [2.75, 3.05) is 0 Å². The lowest BCUT2D eigenvalue weighted by atomic mass is 10.1. The standard InChI is InChI=1S/C10H14N2O/c1-8(2)3-4-10(13)9-5-6-11-7-12-9/h5-7,10,13H,1,3-4H2,2H3. The average molecular weight is 178 g/mol. The molecule has 0 saturated heterocycles. The van der Waals surface area contributed by atoms with Gasteiger partial charge in [0.1, 0.15) is 6.33 Å². The smallest absolute Gasteiger partial charge is 0.115 e. The van der Waals surface area contributed by atoms with Gasteiger partial charge in [0.05, 0.1) is 11.8 Å². The van der Waals surface area contributed by atoms with E-state index in [0.717, 1.165) is 12.0 Å². The summed E-state index contributed by atoms with van der Waals surface area (Å²) in [6.07, 6.45) is 4.07.